The van der Waals surface area contributed by atoms with Gasteiger partial charge in [0.1, 0.15) is 11.6 Å². The molecule has 0 saturated carbocycles. The molecule has 0 aromatic heterocycles. The van der Waals surface area contributed by atoms with Gasteiger partial charge in [-0.25, -0.2) is 19.5 Å². The Kier molecular flexibility index (Phi) is 5.12. The molecule has 0 radical (unpaired) electrons. The summed E-state index contributed by atoms with van der Waals surface area (Å²) < 4.78 is 14.0. The number of rotatable bonds is 4. The number of barbiturate groups is 1. The van der Waals surface area contributed by atoms with Crippen LogP contribution >= 0.6 is 0 Å². The summed E-state index contributed by atoms with van der Waals surface area (Å²) in [4.78, 5) is 48.9. The lowest BCUT2D eigenvalue weighted by atomic mass is 10.1. The summed E-state index contributed by atoms with van der Waals surface area (Å²) in [5.41, 5.74) is 1.67. The average Bonchev–Trinajstić information content (AvgIpc) is 2.66. The Bertz CT molecular complexity index is 1010. The van der Waals surface area contributed by atoms with Crippen molar-refractivity contribution in [3.8, 4) is 5.75 Å². The molecule has 5 amide bonds. The monoisotopic (exact) mass is 384 g/mol. The van der Waals surface area contributed by atoms with Gasteiger partial charge in [-0.1, -0.05) is 24.3 Å². The zero-order valence-electron chi connectivity index (χ0n) is 14.1. The van der Waals surface area contributed by atoms with Gasteiger partial charge < -0.3 is 5.11 Å². The summed E-state index contributed by atoms with van der Waals surface area (Å²) in [6.45, 7) is 0. The van der Waals surface area contributed by atoms with Crippen LogP contribution < -0.4 is 15.6 Å². The van der Waals surface area contributed by atoms with Gasteiger partial charge in [-0.05, 0) is 24.3 Å². The highest BCUT2D eigenvalue weighted by molar-refractivity contribution is 6.32. The third-order valence-corrected chi connectivity index (χ3v) is 3.83. The summed E-state index contributed by atoms with van der Waals surface area (Å²) in [5.74, 6) is -5.45. The number of hydrogen-bond acceptors (Lipinski definition) is 6. The zero-order chi connectivity index (χ0) is 20.3. The Balaban J connectivity index is 1.78. The lowest BCUT2D eigenvalue weighted by molar-refractivity contribution is -0.131. The Morgan fingerprint density at radius 1 is 1.14 bits per heavy atom. The van der Waals surface area contributed by atoms with Crippen LogP contribution in [-0.2, 0) is 9.59 Å². The minimum absolute atomic E-state index is 0.0674. The van der Waals surface area contributed by atoms with Gasteiger partial charge in [0.2, 0.25) is 5.91 Å². The molecule has 3 N–H and O–H groups in total. The average molecular weight is 384 g/mol. The lowest BCUT2D eigenvalue weighted by Gasteiger charge is -2.28. The molecule has 2 aromatic rings. The molecule has 28 heavy (non-hydrogen) atoms. The predicted octanol–water partition coefficient (Wildman–Crippen LogP) is 1.15. The number of hydrazone groups is 1. The van der Waals surface area contributed by atoms with Gasteiger partial charge in [0, 0.05) is 6.21 Å². The molecule has 0 bridgehead atoms. The van der Waals surface area contributed by atoms with Gasteiger partial charge in [-0.2, -0.15) is 5.10 Å². The molecular formula is C18H13FN4O5. The first kappa shape index (κ1) is 18.7. The summed E-state index contributed by atoms with van der Waals surface area (Å²) >= 11 is 0. The van der Waals surface area contributed by atoms with Crippen LogP contribution in [0, 0.1) is 11.7 Å². The number of amides is 5. The Morgan fingerprint density at radius 2 is 1.82 bits per heavy atom. The summed E-state index contributed by atoms with van der Waals surface area (Å²) in [5, 5.41) is 15.1. The maximum absolute atomic E-state index is 14.0. The Morgan fingerprint density at radius 3 is 2.54 bits per heavy atom. The molecule has 0 aliphatic carbocycles. The number of imide groups is 2. The molecular weight excluding hydrogens is 371 g/mol. The third kappa shape index (κ3) is 3.56. The van der Waals surface area contributed by atoms with E-state index in [-0.39, 0.29) is 17.0 Å². The van der Waals surface area contributed by atoms with Crippen molar-refractivity contribution < 1.29 is 28.7 Å². The van der Waals surface area contributed by atoms with Crippen LogP contribution in [0.1, 0.15) is 10.4 Å². The van der Waals surface area contributed by atoms with Gasteiger partial charge in [-0.3, -0.25) is 19.7 Å². The van der Waals surface area contributed by atoms with Crippen LogP contribution in [0.4, 0.5) is 14.9 Å². The number of carbonyl (C=O) groups excluding carboxylic acids is 4. The molecule has 2 aromatic carbocycles. The van der Waals surface area contributed by atoms with E-state index in [1.807, 2.05) is 5.32 Å². The number of nitrogens with one attached hydrogen (secondary N) is 2. The van der Waals surface area contributed by atoms with E-state index in [1.54, 1.807) is 0 Å². The minimum Gasteiger partial charge on any atom is -0.507 e. The number of carbonyl (C=O) groups is 4. The number of hydrogen-bond donors (Lipinski definition) is 3. The van der Waals surface area contributed by atoms with Crippen molar-refractivity contribution in [3.63, 3.8) is 0 Å². The number of para-hydroxylation sites is 2. The highest BCUT2D eigenvalue weighted by Crippen LogP contribution is 2.23. The first-order chi connectivity index (χ1) is 13.4. The van der Waals surface area contributed by atoms with Crippen molar-refractivity contribution in [2.24, 2.45) is 11.0 Å². The molecule has 0 unspecified atom stereocenters. The molecule has 1 fully saturated rings. The van der Waals surface area contributed by atoms with Crippen LogP contribution in [0.15, 0.2) is 53.6 Å². The highest BCUT2D eigenvalue weighted by Gasteiger charge is 2.41. The third-order valence-electron chi connectivity index (χ3n) is 3.83. The minimum atomic E-state index is -1.57. The SMILES string of the molecule is O=C(N/N=C\[C@H]1C(=O)NC(=O)N(c2ccccc2F)C1=O)c1ccccc1O. The van der Waals surface area contributed by atoms with Gasteiger partial charge >= 0.3 is 6.03 Å². The fraction of sp³-hybridized carbons (Fsp3) is 0.0556. The van der Waals surface area contributed by atoms with Crippen LogP contribution in [0.5, 0.6) is 5.75 Å². The largest absolute Gasteiger partial charge is 0.507 e. The fourth-order valence-corrected chi connectivity index (χ4v) is 2.48. The first-order valence-electron chi connectivity index (χ1n) is 7.95. The molecule has 1 atom stereocenters. The van der Waals surface area contributed by atoms with E-state index >= 15 is 0 Å². The fourth-order valence-electron chi connectivity index (χ4n) is 2.48. The topological polar surface area (TPSA) is 128 Å². The molecule has 9 nitrogen and oxygen atoms in total. The number of phenols is 1. The number of anilines is 1. The number of phenolic OH excluding ortho intramolecular Hbond substituents is 1. The second-order valence-electron chi connectivity index (χ2n) is 5.63. The molecule has 1 aliphatic rings. The quantitative estimate of drug-likeness (QED) is 0.414. The number of aromatic hydroxyl groups is 1. The Labute approximate surface area is 157 Å². The molecule has 1 saturated heterocycles. The summed E-state index contributed by atoms with van der Waals surface area (Å²) in [6, 6.07) is 9.66. The van der Waals surface area contributed by atoms with E-state index in [4.69, 9.17) is 0 Å². The summed E-state index contributed by atoms with van der Waals surface area (Å²) in [6.07, 6.45) is 0.815. The van der Waals surface area contributed by atoms with E-state index in [0.717, 1.165) is 12.3 Å². The molecule has 1 heterocycles. The summed E-state index contributed by atoms with van der Waals surface area (Å²) in [7, 11) is 0. The van der Waals surface area contributed by atoms with Crippen molar-refractivity contribution >= 4 is 35.7 Å². The second kappa shape index (κ2) is 7.66. The molecule has 1 aliphatic heterocycles. The number of benzene rings is 2. The van der Waals surface area contributed by atoms with Crippen molar-refractivity contribution in [2.75, 3.05) is 4.90 Å². The second-order valence-corrected chi connectivity index (χ2v) is 5.63. The first-order valence-corrected chi connectivity index (χ1v) is 7.95. The standard InChI is InChI=1S/C18H13FN4O5/c19-12-6-2-3-7-13(12)23-17(27)11(15(25)21-18(23)28)9-20-22-16(26)10-5-1-4-8-14(10)24/h1-9,11,24H,(H,22,26)(H,21,25,28)/b20-9-/t11-/m0/s1. The van der Waals surface area contributed by atoms with Crippen LogP contribution in [-0.4, -0.2) is 35.1 Å². The van der Waals surface area contributed by atoms with Crippen molar-refractivity contribution in [1.29, 1.82) is 0 Å². The van der Waals surface area contributed by atoms with Gasteiger partial charge in [0.05, 0.1) is 11.3 Å². The lowest BCUT2D eigenvalue weighted by Crippen LogP contribution is -2.59. The van der Waals surface area contributed by atoms with Crippen LogP contribution in [0.25, 0.3) is 0 Å². The van der Waals surface area contributed by atoms with E-state index in [1.165, 1.54) is 42.5 Å². The maximum Gasteiger partial charge on any atom is 0.335 e. The molecule has 10 heteroatoms. The smallest absolute Gasteiger partial charge is 0.335 e. The van der Waals surface area contributed by atoms with Gasteiger partial charge in [-0.15, -0.1) is 0 Å². The van der Waals surface area contributed by atoms with E-state index in [9.17, 15) is 28.7 Å². The van der Waals surface area contributed by atoms with E-state index in [2.05, 4.69) is 10.5 Å². The van der Waals surface area contributed by atoms with Crippen LogP contribution in [0.3, 0.4) is 0 Å². The number of nitrogens with zero attached hydrogens (tertiary/aromatic N) is 2. The van der Waals surface area contributed by atoms with E-state index in [0.29, 0.717) is 4.90 Å². The van der Waals surface area contributed by atoms with Crippen molar-refractivity contribution in [1.82, 2.24) is 10.7 Å². The molecule has 142 valence electrons. The highest BCUT2D eigenvalue weighted by atomic mass is 19.1. The normalized spacial score (nSPS) is 17.0. The van der Waals surface area contributed by atoms with E-state index < -0.39 is 35.5 Å². The van der Waals surface area contributed by atoms with Crippen LogP contribution in [0.2, 0.25) is 0 Å². The predicted molar refractivity (Wildman–Crippen MR) is 95.0 cm³/mol. The zero-order valence-corrected chi connectivity index (χ0v) is 14.1. The molecule has 0 spiro atoms. The van der Waals surface area contributed by atoms with Gasteiger partial charge in [0.15, 0.2) is 5.92 Å². The van der Waals surface area contributed by atoms with Crippen molar-refractivity contribution in [3.05, 3.63) is 59.9 Å². The number of urea groups is 1. The van der Waals surface area contributed by atoms with Gasteiger partial charge in [0.25, 0.3) is 11.8 Å². The number of halogens is 1. The maximum atomic E-state index is 14.0. The Hall–Kier alpha value is -4.08. The van der Waals surface area contributed by atoms with Crippen molar-refractivity contribution in [2.45, 2.75) is 0 Å². The molecule has 3 rings (SSSR count).